The second-order valence-corrected chi connectivity index (χ2v) is 8.73. The number of amides is 1. The summed E-state index contributed by atoms with van der Waals surface area (Å²) in [7, 11) is 0. The van der Waals surface area contributed by atoms with E-state index >= 15 is 0 Å². The third kappa shape index (κ3) is 3.28. The summed E-state index contributed by atoms with van der Waals surface area (Å²) >= 11 is 1.35. The number of hydrogen-bond donors (Lipinski definition) is 4. The van der Waals surface area contributed by atoms with Crippen LogP contribution in [0.5, 0.6) is 0 Å². The van der Waals surface area contributed by atoms with Gasteiger partial charge in [0.25, 0.3) is 5.91 Å². The van der Waals surface area contributed by atoms with E-state index in [1.807, 2.05) is 43.3 Å². The Morgan fingerprint density at radius 1 is 1.09 bits per heavy atom. The normalized spacial score (nSPS) is 11.3. The molecule has 4 heterocycles. The lowest BCUT2D eigenvalue weighted by atomic mass is 10.0. The molecule has 0 atom stereocenters. The van der Waals surface area contributed by atoms with E-state index in [9.17, 15) is 4.79 Å². The van der Waals surface area contributed by atoms with Crippen molar-refractivity contribution in [3.8, 4) is 0 Å². The van der Waals surface area contributed by atoms with Gasteiger partial charge < -0.3 is 16.4 Å². The monoisotopic (exact) mass is 466 g/mol. The van der Waals surface area contributed by atoms with Crippen LogP contribution in [-0.2, 0) is 0 Å². The molecule has 1 amide bonds. The molecule has 0 aliphatic heterocycles. The lowest BCUT2D eigenvalue weighted by molar-refractivity contribution is 0.102. The Balaban J connectivity index is 1.38. The number of pyridine rings is 1. The number of thiophene rings is 1. The third-order valence-electron chi connectivity index (χ3n) is 5.72. The van der Waals surface area contributed by atoms with E-state index in [1.165, 1.54) is 17.7 Å². The molecule has 34 heavy (non-hydrogen) atoms. The summed E-state index contributed by atoms with van der Waals surface area (Å²) in [6, 6.07) is 11.8. The van der Waals surface area contributed by atoms with Crippen molar-refractivity contribution in [3.05, 3.63) is 71.6 Å². The van der Waals surface area contributed by atoms with Gasteiger partial charge in [0.05, 0.1) is 33.2 Å². The number of aromatic amines is 1. The van der Waals surface area contributed by atoms with Crippen molar-refractivity contribution in [2.24, 2.45) is 0 Å². The molecule has 0 unspecified atom stereocenters. The number of nitrogen functional groups attached to an aromatic ring is 1. The van der Waals surface area contributed by atoms with Crippen molar-refractivity contribution in [3.63, 3.8) is 0 Å². The molecule has 0 saturated heterocycles. The Kier molecular flexibility index (Phi) is 4.59. The van der Waals surface area contributed by atoms with Gasteiger partial charge in [0.15, 0.2) is 0 Å². The standard InChI is InChI=1S/C24H18N8OS/c1-12-2-4-16-15(6-7-26-23(16)30-14-3-5-18-13(8-14)9-29-32-18)19(12)31-24(33)17-10-34-21-20(17)27-11-28-22(21)25/h2-11H,1H3,(H,26,30)(H,29,32)(H,31,33)(H2,25,27,28). The summed E-state index contributed by atoms with van der Waals surface area (Å²) in [4.78, 5) is 26.0. The zero-order valence-corrected chi connectivity index (χ0v) is 18.8. The molecule has 0 bridgehead atoms. The first-order valence-electron chi connectivity index (χ1n) is 10.5. The lowest BCUT2D eigenvalue weighted by Crippen LogP contribution is -2.13. The average molecular weight is 467 g/mol. The first-order chi connectivity index (χ1) is 16.6. The quantitative estimate of drug-likeness (QED) is 0.287. The van der Waals surface area contributed by atoms with Gasteiger partial charge in [-0.15, -0.1) is 11.3 Å². The summed E-state index contributed by atoms with van der Waals surface area (Å²) in [5.41, 5.74) is 10.5. The predicted octanol–water partition coefficient (Wildman–Crippen LogP) is 5.00. The molecule has 5 N–H and O–H groups in total. The van der Waals surface area contributed by atoms with E-state index in [4.69, 9.17) is 5.73 Å². The number of H-pyrrole nitrogens is 1. The lowest BCUT2D eigenvalue weighted by Gasteiger charge is -2.14. The molecule has 0 saturated carbocycles. The summed E-state index contributed by atoms with van der Waals surface area (Å²) in [5.74, 6) is 0.805. The molecule has 0 aliphatic carbocycles. The highest BCUT2D eigenvalue weighted by Crippen LogP contribution is 2.34. The first-order valence-corrected chi connectivity index (χ1v) is 11.3. The number of benzene rings is 2. The van der Waals surface area contributed by atoms with Gasteiger partial charge >= 0.3 is 0 Å². The van der Waals surface area contributed by atoms with Crippen LogP contribution in [0.4, 0.5) is 23.0 Å². The van der Waals surface area contributed by atoms with Crippen molar-refractivity contribution in [1.29, 1.82) is 0 Å². The minimum Gasteiger partial charge on any atom is -0.382 e. The molecular formula is C24H18N8OS. The van der Waals surface area contributed by atoms with Gasteiger partial charge in [0.1, 0.15) is 18.0 Å². The number of anilines is 4. The summed E-state index contributed by atoms with van der Waals surface area (Å²) in [5, 5.41) is 18.0. The first kappa shape index (κ1) is 20.1. The average Bonchev–Trinajstić information content (AvgIpc) is 3.48. The Morgan fingerprint density at radius 3 is 2.91 bits per heavy atom. The van der Waals surface area contributed by atoms with Crippen LogP contribution < -0.4 is 16.4 Å². The number of nitrogens with one attached hydrogen (secondary N) is 3. The Hall–Kier alpha value is -4.57. The summed E-state index contributed by atoms with van der Waals surface area (Å²) < 4.78 is 0.701. The van der Waals surface area contributed by atoms with Crippen LogP contribution in [0.3, 0.4) is 0 Å². The number of carbonyl (C=O) groups is 1. The highest BCUT2D eigenvalue weighted by atomic mass is 32.1. The topological polar surface area (TPSA) is 134 Å². The van der Waals surface area contributed by atoms with Crippen molar-refractivity contribution in [1.82, 2.24) is 25.1 Å². The smallest absolute Gasteiger partial charge is 0.258 e. The molecule has 9 nitrogen and oxygen atoms in total. The maximum atomic E-state index is 13.2. The van der Waals surface area contributed by atoms with Gasteiger partial charge in [-0.2, -0.15) is 5.10 Å². The fourth-order valence-corrected chi connectivity index (χ4v) is 4.90. The number of aromatic nitrogens is 5. The van der Waals surface area contributed by atoms with Gasteiger partial charge in [0.2, 0.25) is 0 Å². The maximum absolute atomic E-state index is 13.2. The molecule has 0 radical (unpaired) electrons. The fraction of sp³-hybridized carbons (Fsp3) is 0.0417. The molecule has 166 valence electrons. The molecule has 10 heteroatoms. The van der Waals surface area contributed by atoms with Crippen LogP contribution in [-0.4, -0.2) is 31.1 Å². The Morgan fingerprint density at radius 2 is 2.00 bits per heavy atom. The zero-order chi connectivity index (χ0) is 23.2. The molecule has 0 fully saturated rings. The highest BCUT2D eigenvalue weighted by Gasteiger charge is 2.18. The van der Waals surface area contributed by atoms with Crippen molar-refractivity contribution < 1.29 is 4.79 Å². The van der Waals surface area contributed by atoms with E-state index in [-0.39, 0.29) is 5.91 Å². The Labute approximate surface area is 197 Å². The molecular weight excluding hydrogens is 448 g/mol. The van der Waals surface area contributed by atoms with E-state index in [2.05, 4.69) is 35.8 Å². The van der Waals surface area contributed by atoms with Gasteiger partial charge in [-0.05, 0) is 36.8 Å². The van der Waals surface area contributed by atoms with Gasteiger partial charge in [-0.1, -0.05) is 12.1 Å². The number of nitrogens with zero attached hydrogens (tertiary/aromatic N) is 4. The van der Waals surface area contributed by atoms with Crippen LogP contribution in [0.25, 0.3) is 31.9 Å². The van der Waals surface area contributed by atoms with Crippen molar-refractivity contribution in [2.75, 3.05) is 16.4 Å². The van der Waals surface area contributed by atoms with E-state index in [0.717, 1.165) is 38.6 Å². The summed E-state index contributed by atoms with van der Waals surface area (Å²) in [6.07, 6.45) is 4.87. The number of nitrogens with two attached hydrogens (primary N) is 1. The third-order valence-corrected chi connectivity index (χ3v) is 6.71. The maximum Gasteiger partial charge on any atom is 0.258 e. The number of hydrogen-bond acceptors (Lipinski definition) is 8. The van der Waals surface area contributed by atoms with Crippen LogP contribution in [0, 0.1) is 6.92 Å². The summed E-state index contributed by atoms with van der Waals surface area (Å²) in [6.45, 7) is 1.96. The molecule has 0 spiro atoms. The van der Waals surface area contributed by atoms with Crippen LogP contribution in [0.2, 0.25) is 0 Å². The van der Waals surface area contributed by atoms with Gasteiger partial charge in [-0.25, -0.2) is 15.0 Å². The largest absolute Gasteiger partial charge is 0.382 e. The van der Waals surface area contributed by atoms with E-state index < -0.39 is 0 Å². The van der Waals surface area contributed by atoms with E-state index in [0.29, 0.717) is 27.4 Å². The van der Waals surface area contributed by atoms with Crippen molar-refractivity contribution in [2.45, 2.75) is 6.92 Å². The minimum absolute atomic E-state index is 0.253. The number of rotatable bonds is 4. The zero-order valence-electron chi connectivity index (χ0n) is 18.0. The Bertz CT molecular complexity index is 1720. The highest BCUT2D eigenvalue weighted by molar-refractivity contribution is 7.18. The molecule has 6 rings (SSSR count). The predicted molar refractivity (Wildman–Crippen MR) is 136 cm³/mol. The fourth-order valence-electron chi connectivity index (χ4n) is 4.00. The minimum atomic E-state index is -0.253. The molecule has 2 aromatic carbocycles. The second kappa shape index (κ2) is 7.78. The number of aryl methyl sites for hydroxylation is 1. The van der Waals surface area contributed by atoms with Gasteiger partial charge in [0, 0.05) is 33.4 Å². The molecule has 6 aromatic rings. The number of fused-ring (bicyclic) bond motifs is 3. The molecule has 4 aromatic heterocycles. The van der Waals surface area contributed by atoms with Crippen LogP contribution in [0.15, 0.2) is 60.5 Å². The molecule has 0 aliphatic rings. The van der Waals surface area contributed by atoms with Crippen molar-refractivity contribution >= 4 is 72.1 Å². The van der Waals surface area contributed by atoms with Crippen LogP contribution in [0.1, 0.15) is 15.9 Å². The second-order valence-electron chi connectivity index (χ2n) is 7.85. The van der Waals surface area contributed by atoms with E-state index in [1.54, 1.807) is 17.8 Å². The SMILES string of the molecule is Cc1ccc2c(Nc3ccc4[nH]ncc4c3)nccc2c1NC(=O)c1csc2c(N)ncnc12. The van der Waals surface area contributed by atoms with Crippen LogP contribution >= 0.6 is 11.3 Å². The van der Waals surface area contributed by atoms with Gasteiger partial charge in [-0.3, -0.25) is 9.89 Å². The number of carbonyl (C=O) groups excluding carboxylic acids is 1.